The summed E-state index contributed by atoms with van der Waals surface area (Å²) in [6, 6.07) is -0.942. The Morgan fingerprint density at radius 2 is 2.00 bits per heavy atom. The molecule has 0 saturated carbocycles. The van der Waals surface area contributed by atoms with E-state index < -0.39 is 36.6 Å². The summed E-state index contributed by atoms with van der Waals surface area (Å²) in [5.41, 5.74) is 10.5. The Balaban J connectivity index is 3.12. The van der Waals surface area contributed by atoms with Crippen LogP contribution in [0, 0.1) is 0 Å². The van der Waals surface area contributed by atoms with E-state index in [1.165, 1.54) is 0 Å². The maximum absolute atomic E-state index is 11.9. The second-order valence-electron chi connectivity index (χ2n) is 5.37. The van der Waals surface area contributed by atoms with Crippen LogP contribution in [0.4, 0.5) is 4.79 Å². The summed E-state index contributed by atoms with van der Waals surface area (Å²) in [5, 5.41) is 0. The monoisotopic (exact) mass is 290 g/mol. The average Bonchev–Trinajstić information content (AvgIpc) is 2.30. The third-order valence-electron chi connectivity index (χ3n) is 2.91. The summed E-state index contributed by atoms with van der Waals surface area (Å²) in [6.07, 6.45) is -0.979. The van der Waals surface area contributed by atoms with E-state index in [9.17, 15) is 14.4 Å². The summed E-state index contributed by atoms with van der Waals surface area (Å²) < 4.78 is 15.0. The van der Waals surface area contributed by atoms with E-state index in [4.69, 9.17) is 20.9 Å². The maximum Gasteiger partial charge on any atom is 0.443 e. The van der Waals surface area contributed by atoms with E-state index in [1.54, 1.807) is 21.1 Å². The predicted molar refractivity (Wildman–Crippen MR) is 65.7 cm³/mol. The van der Waals surface area contributed by atoms with E-state index >= 15 is 0 Å². The number of hydrogen-bond donors (Lipinski definition) is 2. The van der Waals surface area contributed by atoms with Crippen LogP contribution in [0.25, 0.3) is 0 Å². The topological polar surface area (TPSA) is 131 Å². The lowest BCUT2D eigenvalue weighted by molar-refractivity contribution is -0.974. The van der Waals surface area contributed by atoms with Crippen LogP contribution in [0.1, 0.15) is 12.8 Å². The quantitative estimate of drug-likeness (QED) is 0.485. The van der Waals surface area contributed by atoms with Crippen molar-refractivity contribution in [2.45, 2.75) is 24.8 Å². The molecule has 114 valence electrons. The molecule has 9 heteroatoms. The van der Waals surface area contributed by atoms with Gasteiger partial charge in [-0.15, -0.1) is 0 Å². The molecule has 1 rings (SSSR count). The molecule has 1 unspecified atom stereocenters. The number of esters is 2. The van der Waals surface area contributed by atoms with E-state index in [2.05, 4.69) is 4.74 Å². The normalized spacial score (nSPS) is 27.9. The lowest BCUT2D eigenvalue weighted by Gasteiger charge is -2.42. The zero-order valence-electron chi connectivity index (χ0n) is 11.8. The number of likely N-dealkylation sites (N-methyl/N-ethyl adjacent to an activating group) is 1. The van der Waals surface area contributed by atoms with Gasteiger partial charge in [0.2, 0.25) is 6.61 Å². The van der Waals surface area contributed by atoms with Crippen molar-refractivity contribution in [1.82, 2.24) is 0 Å². The number of primary amides is 1. The highest BCUT2D eigenvalue weighted by Crippen LogP contribution is 2.27. The van der Waals surface area contributed by atoms with Gasteiger partial charge in [0, 0.05) is 6.42 Å². The molecular formula is C11H20N3O6+. The zero-order valence-corrected chi connectivity index (χ0v) is 11.8. The molecule has 9 nitrogen and oxygen atoms in total. The molecule has 0 aromatic carbocycles. The summed E-state index contributed by atoms with van der Waals surface area (Å²) in [4.78, 5) is 34.4. The first-order chi connectivity index (χ1) is 9.07. The van der Waals surface area contributed by atoms with Crippen molar-refractivity contribution in [2.75, 3.05) is 27.7 Å². The number of quaternary nitrogens is 1. The molecule has 2 atom stereocenters. The van der Waals surface area contributed by atoms with Crippen LogP contribution in [0.2, 0.25) is 0 Å². The van der Waals surface area contributed by atoms with Crippen molar-refractivity contribution < 1.29 is 33.1 Å². The molecule has 0 aliphatic carbocycles. The van der Waals surface area contributed by atoms with Gasteiger partial charge in [0.15, 0.2) is 0 Å². The van der Waals surface area contributed by atoms with E-state index in [1.807, 2.05) is 0 Å². The molecule has 1 fully saturated rings. The van der Waals surface area contributed by atoms with Crippen LogP contribution in [0.3, 0.4) is 0 Å². The maximum atomic E-state index is 11.9. The third kappa shape index (κ3) is 3.58. The summed E-state index contributed by atoms with van der Waals surface area (Å²) in [7, 11) is 4.83. The van der Waals surface area contributed by atoms with Crippen molar-refractivity contribution >= 4 is 18.0 Å². The number of rotatable bonds is 3. The number of hydrogen-bond acceptors (Lipinski definition) is 7. The van der Waals surface area contributed by atoms with E-state index in [-0.39, 0.29) is 17.3 Å². The van der Waals surface area contributed by atoms with Gasteiger partial charge in [0.05, 0.1) is 21.1 Å². The van der Waals surface area contributed by atoms with Gasteiger partial charge in [-0.1, -0.05) is 0 Å². The Hall–Kier alpha value is -1.87. The number of carbonyl (C=O) groups is 3. The third-order valence-corrected chi connectivity index (χ3v) is 2.91. The van der Waals surface area contributed by atoms with Crippen LogP contribution in [-0.4, -0.2) is 62.2 Å². The first kappa shape index (κ1) is 16.2. The number of carbonyl (C=O) groups excluding carboxylic acids is 3. The number of nitrogens with zero attached hydrogens (tertiary/aromatic N) is 1. The molecule has 0 aromatic rings. The standard InChI is InChI=1S/C11H19N3O6/c1-14(2,3)11(6-18-10(13)17)19-8(15)5-4-7(12)9(16)20-11/h7H,4-6,12H2,1-3H3,(H-,13,17)/p+1/t7-,11?/m1/s1. The molecule has 4 N–H and O–H groups in total. The van der Waals surface area contributed by atoms with Crippen molar-refractivity contribution in [3.63, 3.8) is 0 Å². The molecule has 20 heavy (non-hydrogen) atoms. The molecule has 0 spiro atoms. The fourth-order valence-corrected chi connectivity index (χ4v) is 1.56. The Kier molecular flexibility index (Phi) is 4.56. The molecule has 1 amide bonds. The Morgan fingerprint density at radius 3 is 2.50 bits per heavy atom. The predicted octanol–water partition coefficient (Wildman–Crippen LogP) is -1.35. The van der Waals surface area contributed by atoms with Gasteiger partial charge >= 0.3 is 23.9 Å². The van der Waals surface area contributed by atoms with Gasteiger partial charge < -0.3 is 25.7 Å². The first-order valence-corrected chi connectivity index (χ1v) is 6.01. The van der Waals surface area contributed by atoms with Crippen LogP contribution in [0.5, 0.6) is 0 Å². The van der Waals surface area contributed by atoms with Gasteiger partial charge in [0.25, 0.3) is 0 Å². The molecule has 0 aromatic heterocycles. The Bertz CT molecular complexity index is 419. The zero-order chi connectivity index (χ0) is 15.6. The minimum atomic E-state index is -1.82. The first-order valence-electron chi connectivity index (χ1n) is 6.01. The Labute approximate surface area is 116 Å². The fourth-order valence-electron chi connectivity index (χ4n) is 1.56. The average molecular weight is 290 g/mol. The minimum absolute atomic E-state index is 0.0331. The van der Waals surface area contributed by atoms with E-state index in [0.29, 0.717) is 0 Å². The number of ether oxygens (including phenoxy) is 3. The van der Waals surface area contributed by atoms with Crippen molar-refractivity contribution in [2.24, 2.45) is 11.5 Å². The molecular weight excluding hydrogens is 270 g/mol. The van der Waals surface area contributed by atoms with Gasteiger partial charge in [0.1, 0.15) is 6.04 Å². The molecule has 1 heterocycles. The molecule has 0 radical (unpaired) electrons. The smallest absolute Gasteiger partial charge is 0.434 e. The summed E-state index contributed by atoms with van der Waals surface area (Å²) in [5.74, 6) is -3.16. The van der Waals surface area contributed by atoms with Crippen LogP contribution in [-0.2, 0) is 23.8 Å². The number of nitrogens with two attached hydrogens (primary N) is 2. The van der Waals surface area contributed by atoms with Crippen molar-refractivity contribution in [3.05, 3.63) is 0 Å². The highest BCUT2D eigenvalue weighted by atomic mass is 16.8. The van der Waals surface area contributed by atoms with Crippen LogP contribution < -0.4 is 11.5 Å². The van der Waals surface area contributed by atoms with Gasteiger partial charge in [-0.2, -0.15) is 0 Å². The highest BCUT2D eigenvalue weighted by Gasteiger charge is 2.54. The summed E-state index contributed by atoms with van der Waals surface area (Å²) in [6.45, 7) is -0.518. The fraction of sp³-hybridized carbons (Fsp3) is 0.727. The van der Waals surface area contributed by atoms with Crippen LogP contribution >= 0.6 is 0 Å². The molecule has 1 aliphatic heterocycles. The molecule has 1 aliphatic rings. The van der Waals surface area contributed by atoms with Gasteiger partial charge in [-0.3, -0.25) is 14.1 Å². The molecule has 1 saturated heterocycles. The second-order valence-corrected chi connectivity index (χ2v) is 5.37. The summed E-state index contributed by atoms with van der Waals surface area (Å²) >= 11 is 0. The highest BCUT2D eigenvalue weighted by molar-refractivity contribution is 5.78. The number of amides is 1. The van der Waals surface area contributed by atoms with Crippen molar-refractivity contribution in [1.29, 1.82) is 0 Å². The Morgan fingerprint density at radius 1 is 1.40 bits per heavy atom. The largest absolute Gasteiger partial charge is 0.443 e. The number of cyclic esters (lactones) is 2. The van der Waals surface area contributed by atoms with Gasteiger partial charge in [-0.05, 0) is 6.42 Å². The minimum Gasteiger partial charge on any atom is -0.434 e. The van der Waals surface area contributed by atoms with Crippen molar-refractivity contribution in [3.8, 4) is 0 Å². The SMILES string of the molecule is C[N+](C)(C)C1(COC(N)=O)OC(=O)CC[C@@H](N)C(=O)O1. The lowest BCUT2D eigenvalue weighted by Crippen LogP contribution is -2.66. The van der Waals surface area contributed by atoms with Gasteiger partial charge in [-0.25, -0.2) is 4.79 Å². The van der Waals surface area contributed by atoms with E-state index in [0.717, 1.165) is 0 Å². The second kappa shape index (κ2) is 5.63. The molecule has 0 bridgehead atoms. The van der Waals surface area contributed by atoms with Crippen LogP contribution in [0.15, 0.2) is 0 Å². The lowest BCUT2D eigenvalue weighted by atomic mass is 10.1.